The minimum absolute atomic E-state index is 0.211. The lowest BCUT2D eigenvalue weighted by atomic mass is 10.1. The maximum atomic E-state index is 12.4. The van der Waals surface area contributed by atoms with Gasteiger partial charge in [0.05, 0.1) is 11.4 Å². The molecule has 128 valence electrons. The van der Waals surface area contributed by atoms with Crippen LogP contribution in [0.2, 0.25) is 0 Å². The maximum Gasteiger partial charge on any atom is 0.350 e. The average Bonchev–Trinajstić information content (AvgIpc) is 3.04. The molecule has 26 heavy (non-hydrogen) atoms. The molecule has 4 rings (SSSR count). The second-order valence-corrected chi connectivity index (χ2v) is 6.69. The highest BCUT2D eigenvalue weighted by Gasteiger charge is 2.19. The van der Waals surface area contributed by atoms with Gasteiger partial charge in [0.25, 0.3) is 0 Å². The Morgan fingerprint density at radius 3 is 2.58 bits per heavy atom. The zero-order valence-corrected chi connectivity index (χ0v) is 14.6. The van der Waals surface area contributed by atoms with Gasteiger partial charge in [-0.05, 0) is 29.8 Å². The highest BCUT2D eigenvalue weighted by atomic mass is 32.1. The first-order chi connectivity index (χ1) is 12.7. The molecule has 0 bridgehead atoms. The number of hydrogen-bond donors (Lipinski definition) is 1. The van der Waals surface area contributed by atoms with Crippen LogP contribution in [0.3, 0.4) is 0 Å². The van der Waals surface area contributed by atoms with Crippen LogP contribution in [0.25, 0.3) is 21.5 Å². The Labute approximate surface area is 154 Å². The first-order valence-corrected chi connectivity index (χ1v) is 8.84. The molecule has 2 N–H and O–H groups in total. The second kappa shape index (κ2) is 6.93. The molecule has 0 saturated heterocycles. The molecule has 0 aliphatic carbocycles. The molecule has 1 aromatic carbocycles. The first kappa shape index (κ1) is 16.2. The zero-order chi connectivity index (χ0) is 17.9. The van der Waals surface area contributed by atoms with Gasteiger partial charge in [-0.3, -0.25) is 4.98 Å². The summed E-state index contributed by atoms with van der Waals surface area (Å²) >= 11 is 1.25. The Kier molecular flexibility index (Phi) is 4.33. The molecule has 4 aromatic rings. The molecule has 6 heteroatoms. The Balaban J connectivity index is 1.61. The molecule has 3 aromatic heterocycles. The summed E-state index contributed by atoms with van der Waals surface area (Å²) in [5.41, 5.74) is 9.27. The van der Waals surface area contributed by atoms with Gasteiger partial charge in [0, 0.05) is 23.3 Å². The Hall–Kier alpha value is -3.25. The van der Waals surface area contributed by atoms with E-state index >= 15 is 0 Å². The normalized spacial score (nSPS) is 10.8. The number of ether oxygens (including phenoxy) is 1. The highest BCUT2D eigenvalue weighted by Crippen LogP contribution is 2.34. The van der Waals surface area contributed by atoms with Gasteiger partial charge >= 0.3 is 5.97 Å². The molecule has 0 aliphatic heterocycles. The molecule has 0 spiro atoms. The number of carbonyl (C=O) groups excluding carboxylic acids is 1. The van der Waals surface area contributed by atoms with Gasteiger partial charge in [-0.15, -0.1) is 11.3 Å². The summed E-state index contributed by atoms with van der Waals surface area (Å²) in [6.45, 7) is 0.211. The molecule has 0 saturated carbocycles. The molecular weight excluding hydrogens is 346 g/mol. The average molecular weight is 361 g/mol. The number of carbonyl (C=O) groups is 1. The number of anilines is 1. The molecule has 3 heterocycles. The van der Waals surface area contributed by atoms with Crippen molar-refractivity contribution in [3.63, 3.8) is 0 Å². The van der Waals surface area contributed by atoms with E-state index < -0.39 is 5.97 Å². The summed E-state index contributed by atoms with van der Waals surface area (Å²) < 4.78 is 5.39. The van der Waals surface area contributed by atoms with Gasteiger partial charge in [-0.2, -0.15) is 0 Å². The number of aromatic nitrogens is 2. The van der Waals surface area contributed by atoms with Gasteiger partial charge in [-0.1, -0.05) is 30.3 Å². The summed E-state index contributed by atoms with van der Waals surface area (Å²) in [5, 5.41) is 0.763. The Morgan fingerprint density at radius 1 is 1.04 bits per heavy atom. The first-order valence-electron chi connectivity index (χ1n) is 8.03. The number of fused-ring (bicyclic) bond motifs is 1. The van der Waals surface area contributed by atoms with E-state index in [2.05, 4.69) is 9.97 Å². The molecule has 0 amide bonds. The molecule has 0 unspecified atom stereocenters. The zero-order valence-electron chi connectivity index (χ0n) is 13.8. The lowest BCUT2D eigenvalue weighted by Crippen LogP contribution is -2.05. The predicted octanol–water partition coefficient (Wildman–Crippen LogP) is 4.30. The van der Waals surface area contributed by atoms with Crippen LogP contribution in [0.4, 0.5) is 5.69 Å². The van der Waals surface area contributed by atoms with E-state index in [1.807, 2.05) is 54.6 Å². The van der Waals surface area contributed by atoms with Crippen molar-refractivity contribution in [3.8, 4) is 11.3 Å². The number of rotatable bonds is 4. The van der Waals surface area contributed by atoms with E-state index in [9.17, 15) is 4.79 Å². The number of nitrogens with zero attached hydrogens (tertiary/aromatic N) is 2. The van der Waals surface area contributed by atoms with Gasteiger partial charge in [0.1, 0.15) is 16.3 Å². The lowest BCUT2D eigenvalue weighted by Gasteiger charge is -2.03. The maximum absolute atomic E-state index is 12.4. The van der Waals surface area contributed by atoms with Crippen molar-refractivity contribution in [3.05, 3.63) is 77.4 Å². The number of nitrogens with two attached hydrogens (primary N) is 1. The predicted molar refractivity (Wildman–Crippen MR) is 103 cm³/mol. The summed E-state index contributed by atoms with van der Waals surface area (Å²) in [4.78, 5) is 22.2. The van der Waals surface area contributed by atoms with Crippen LogP contribution in [0, 0.1) is 0 Å². The number of esters is 1. The van der Waals surface area contributed by atoms with Crippen molar-refractivity contribution in [1.82, 2.24) is 9.97 Å². The third kappa shape index (κ3) is 3.14. The lowest BCUT2D eigenvalue weighted by molar-refractivity contribution is 0.0480. The van der Waals surface area contributed by atoms with Crippen molar-refractivity contribution >= 4 is 33.2 Å². The van der Waals surface area contributed by atoms with Crippen LogP contribution in [-0.4, -0.2) is 15.9 Å². The van der Waals surface area contributed by atoms with Crippen LogP contribution < -0.4 is 5.73 Å². The fraction of sp³-hybridized carbons (Fsp3) is 0.0500. The van der Waals surface area contributed by atoms with E-state index in [4.69, 9.17) is 10.5 Å². The van der Waals surface area contributed by atoms with Crippen LogP contribution in [-0.2, 0) is 11.3 Å². The van der Waals surface area contributed by atoms with Gasteiger partial charge in [0.15, 0.2) is 0 Å². The van der Waals surface area contributed by atoms with Crippen LogP contribution in [0.5, 0.6) is 0 Å². The number of benzene rings is 1. The molecule has 0 atom stereocenters. The van der Waals surface area contributed by atoms with E-state index in [-0.39, 0.29) is 6.61 Å². The van der Waals surface area contributed by atoms with Crippen LogP contribution in [0.15, 0.2) is 67.0 Å². The third-order valence-corrected chi connectivity index (χ3v) is 5.06. The highest BCUT2D eigenvalue weighted by molar-refractivity contribution is 7.21. The fourth-order valence-electron chi connectivity index (χ4n) is 2.62. The van der Waals surface area contributed by atoms with Gasteiger partial charge in [0.2, 0.25) is 0 Å². The topological polar surface area (TPSA) is 78.1 Å². The van der Waals surface area contributed by atoms with Crippen LogP contribution in [0.1, 0.15) is 15.2 Å². The number of nitrogen functional groups attached to an aromatic ring is 1. The van der Waals surface area contributed by atoms with E-state index in [1.165, 1.54) is 11.3 Å². The van der Waals surface area contributed by atoms with E-state index in [1.54, 1.807) is 12.4 Å². The van der Waals surface area contributed by atoms with Crippen molar-refractivity contribution in [2.24, 2.45) is 0 Å². The van der Waals surface area contributed by atoms with Gasteiger partial charge < -0.3 is 10.5 Å². The largest absolute Gasteiger partial charge is 0.457 e. The molecule has 0 aliphatic rings. The molecule has 5 nitrogen and oxygen atoms in total. The quantitative estimate of drug-likeness (QED) is 0.548. The summed E-state index contributed by atoms with van der Waals surface area (Å²) in [6, 6.07) is 17.1. The minimum atomic E-state index is -0.431. The van der Waals surface area contributed by atoms with Crippen molar-refractivity contribution in [2.45, 2.75) is 6.61 Å². The number of thiophene rings is 1. The Bertz CT molecular complexity index is 1060. The SMILES string of the molecule is Nc1c(C(=O)OCc2ccccc2)sc2nc(-c3ccncc3)ccc12. The minimum Gasteiger partial charge on any atom is -0.457 e. The van der Waals surface area contributed by atoms with E-state index in [0.717, 1.165) is 22.2 Å². The summed E-state index contributed by atoms with van der Waals surface area (Å²) in [5.74, 6) is -0.431. The van der Waals surface area contributed by atoms with Crippen LogP contribution >= 0.6 is 11.3 Å². The van der Waals surface area contributed by atoms with E-state index in [0.29, 0.717) is 15.4 Å². The summed E-state index contributed by atoms with van der Waals surface area (Å²) in [6.07, 6.45) is 3.44. The van der Waals surface area contributed by atoms with Crippen molar-refractivity contribution < 1.29 is 9.53 Å². The van der Waals surface area contributed by atoms with Gasteiger partial charge in [-0.25, -0.2) is 9.78 Å². The molecular formula is C20H15N3O2S. The molecule has 0 radical (unpaired) electrons. The smallest absolute Gasteiger partial charge is 0.350 e. The van der Waals surface area contributed by atoms with Crippen molar-refractivity contribution in [2.75, 3.05) is 5.73 Å². The fourth-order valence-corrected chi connectivity index (χ4v) is 3.61. The summed E-state index contributed by atoms with van der Waals surface area (Å²) in [7, 11) is 0. The standard InChI is InChI=1S/C20H15N3O2S/c21-17-15-6-7-16(14-8-10-22-11-9-14)23-19(15)26-18(17)20(24)25-12-13-4-2-1-3-5-13/h1-11H,12,21H2. The third-order valence-electron chi connectivity index (χ3n) is 3.97. The second-order valence-electron chi connectivity index (χ2n) is 5.69. The Morgan fingerprint density at radius 2 is 1.81 bits per heavy atom. The number of hydrogen-bond acceptors (Lipinski definition) is 6. The number of pyridine rings is 2. The van der Waals surface area contributed by atoms with Crippen molar-refractivity contribution in [1.29, 1.82) is 0 Å². The molecule has 0 fully saturated rings. The monoisotopic (exact) mass is 361 g/mol.